The fourth-order valence-corrected chi connectivity index (χ4v) is 2.10. The topological polar surface area (TPSA) is 29.5 Å². The number of ether oxygens (including phenoxy) is 1. The molecular weight excluding hydrogens is 164 g/mol. The maximum atomic E-state index is 8.64. The van der Waals surface area contributed by atoms with Gasteiger partial charge in [0, 0.05) is 6.61 Å². The number of hydrogen-bond acceptors (Lipinski definition) is 2. The fourth-order valence-electron chi connectivity index (χ4n) is 2.10. The normalized spacial score (nSPS) is 27.2. The summed E-state index contributed by atoms with van der Waals surface area (Å²) in [6.45, 7) is 3.51. The molecule has 1 aliphatic heterocycles. The Labute approximate surface area is 81.3 Å². The minimum atomic E-state index is 0.240. The van der Waals surface area contributed by atoms with Crippen LogP contribution in [0, 0.1) is 0 Å². The van der Waals surface area contributed by atoms with E-state index < -0.39 is 0 Å². The molecule has 0 aliphatic carbocycles. The van der Waals surface area contributed by atoms with Crippen LogP contribution < -0.4 is 0 Å². The van der Waals surface area contributed by atoms with Crippen molar-refractivity contribution in [2.45, 2.75) is 57.5 Å². The molecule has 13 heavy (non-hydrogen) atoms. The van der Waals surface area contributed by atoms with Crippen molar-refractivity contribution in [1.82, 2.24) is 0 Å². The van der Waals surface area contributed by atoms with Crippen LogP contribution in [-0.2, 0) is 4.74 Å². The van der Waals surface area contributed by atoms with Crippen molar-refractivity contribution in [3.05, 3.63) is 0 Å². The molecule has 0 aromatic rings. The molecule has 1 rings (SSSR count). The maximum absolute atomic E-state index is 8.64. The molecule has 1 N–H and O–H groups in total. The maximum Gasteiger partial charge on any atom is 0.0704 e. The Morgan fingerprint density at radius 1 is 1.23 bits per heavy atom. The van der Waals surface area contributed by atoms with Crippen LogP contribution in [-0.4, -0.2) is 23.9 Å². The fraction of sp³-hybridized carbons (Fsp3) is 1.00. The highest BCUT2D eigenvalue weighted by Gasteiger charge is 2.36. The molecule has 1 saturated heterocycles. The van der Waals surface area contributed by atoms with Crippen LogP contribution in [0.15, 0.2) is 0 Å². The van der Waals surface area contributed by atoms with E-state index in [-0.39, 0.29) is 5.60 Å². The second-order valence-electron chi connectivity index (χ2n) is 4.07. The molecule has 1 heterocycles. The summed E-state index contributed by atoms with van der Waals surface area (Å²) in [6, 6.07) is 0. The van der Waals surface area contributed by atoms with Gasteiger partial charge in [-0.15, -0.1) is 0 Å². The van der Waals surface area contributed by atoms with Gasteiger partial charge in [0.1, 0.15) is 0 Å². The van der Waals surface area contributed by atoms with Crippen molar-refractivity contribution in [3.63, 3.8) is 0 Å². The summed E-state index contributed by atoms with van der Waals surface area (Å²) in [4.78, 5) is 0. The number of aliphatic hydroxyl groups excluding tert-OH is 1. The summed E-state index contributed by atoms with van der Waals surface area (Å²) in [6.07, 6.45) is 8.18. The number of rotatable bonds is 7. The molecule has 0 bridgehead atoms. The molecule has 1 aliphatic rings. The predicted octanol–water partition coefficient (Wildman–Crippen LogP) is 2.50. The van der Waals surface area contributed by atoms with Crippen molar-refractivity contribution in [2.75, 3.05) is 13.2 Å². The van der Waals surface area contributed by atoms with Gasteiger partial charge < -0.3 is 9.84 Å². The Bertz CT molecular complexity index is 130. The SMILES string of the molecule is CCCC1(CCCCCO)CCO1. The van der Waals surface area contributed by atoms with Crippen LogP contribution in [0.4, 0.5) is 0 Å². The first-order valence-electron chi connectivity index (χ1n) is 5.58. The van der Waals surface area contributed by atoms with Gasteiger partial charge in [0.25, 0.3) is 0 Å². The molecule has 1 unspecified atom stereocenters. The van der Waals surface area contributed by atoms with E-state index in [1.54, 1.807) is 0 Å². The Morgan fingerprint density at radius 2 is 2.00 bits per heavy atom. The summed E-state index contributed by atoms with van der Waals surface area (Å²) < 4.78 is 5.68. The third kappa shape index (κ3) is 3.28. The molecule has 0 amide bonds. The standard InChI is InChI=1S/C11H22O2/c1-2-6-11(8-10-13-11)7-4-3-5-9-12/h12H,2-10H2,1H3. The van der Waals surface area contributed by atoms with Gasteiger partial charge in [0.2, 0.25) is 0 Å². The van der Waals surface area contributed by atoms with Crippen LogP contribution in [0.3, 0.4) is 0 Å². The minimum absolute atomic E-state index is 0.240. The lowest BCUT2D eigenvalue weighted by Crippen LogP contribution is -2.43. The van der Waals surface area contributed by atoms with Crippen molar-refractivity contribution < 1.29 is 9.84 Å². The van der Waals surface area contributed by atoms with Crippen LogP contribution in [0.5, 0.6) is 0 Å². The van der Waals surface area contributed by atoms with E-state index in [1.165, 1.54) is 32.1 Å². The van der Waals surface area contributed by atoms with E-state index in [4.69, 9.17) is 9.84 Å². The zero-order chi connectivity index (χ0) is 9.57. The highest BCUT2D eigenvalue weighted by Crippen LogP contribution is 2.36. The number of hydrogen-bond donors (Lipinski definition) is 1. The average molecular weight is 186 g/mol. The zero-order valence-electron chi connectivity index (χ0n) is 8.72. The van der Waals surface area contributed by atoms with Gasteiger partial charge in [-0.1, -0.05) is 26.2 Å². The zero-order valence-corrected chi connectivity index (χ0v) is 8.72. The Morgan fingerprint density at radius 3 is 2.46 bits per heavy atom. The molecule has 0 aromatic carbocycles. The van der Waals surface area contributed by atoms with Gasteiger partial charge in [-0.05, 0) is 25.7 Å². The third-order valence-electron chi connectivity index (χ3n) is 2.96. The lowest BCUT2D eigenvalue weighted by molar-refractivity contribution is -0.156. The van der Waals surface area contributed by atoms with Crippen LogP contribution in [0.2, 0.25) is 0 Å². The quantitative estimate of drug-likeness (QED) is 0.619. The summed E-state index contributed by atoms with van der Waals surface area (Å²) in [5.74, 6) is 0. The van der Waals surface area contributed by atoms with E-state index in [0.29, 0.717) is 6.61 Å². The molecule has 0 aromatic heterocycles. The molecule has 0 saturated carbocycles. The van der Waals surface area contributed by atoms with E-state index >= 15 is 0 Å². The van der Waals surface area contributed by atoms with Crippen LogP contribution >= 0.6 is 0 Å². The van der Waals surface area contributed by atoms with E-state index in [9.17, 15) is 0 Å². The monoisotopic (exact) mass is 186 g/mol. The molecule has 1 atom stereocenters. The van der Waals surface area contributed by atoms with E-state index in [1.807, 2.05) is 0 Å². The van der Waals surface area contributed by atoms with Crippen molar-refractivity contribution in [1.29, 1.82) is 0 Å². The first-order chi connectivity index (χ1) is 6.33. The Balaban J connectivity index is 2.09. The molecule has 2 nitrogen and oxygen atoms in total. The highest BCUT2D eigenvalue weighted by molar-refractivity contribution is 4.86. The van der Waals surface area contributed by atoms with Gasteiger partial charge in [-0.25, -0.2) is 0 Å². The summed E-state index contributed by atoms with van der Waals surface area (Å²) in [5.41, 5.74) is 0.240. The molecule has 1 fully saturated rings. The van der Waals surface area contributed by atoms with E-state index in [2.05, 4.69) is 6.92 Å². The number of aliphatic hydroxyl groups is 1. The Kier molecular flexibility index (Phi) is 4.74. The second kappa shape index (κ2) is 5.61. The first-order valence-corrected chi connectivity index (χ1v) is 5.58. The predicted molar refractivity (Wildman–Crippen MR) is 53.8 cm³/mol. The first kappa shape index (κ1) is 11.0. The van der Waals surface area contributed by atoms with Gasteiger partial charge in [-0.3, -0.25) is 0 Å². The summed E-state index contributed by atoms with van der Waals surface area (Å²) >= 11 is 0. The van der Waals surface area contributed by atoms with Gasteiger partial charge >= 0.3 is 0 Å². The summed E-state index contributed by atoms with van der Waals surface area (Å²) in [5, 5.41) is 8.64. The van der Waals surface area contributed by atoms with Gasteiger partial charge in [0.15, 0.2) is 0 Å². The average Bonchev–Trinajstić information content (AvgIpc) is 2.08. The minimum Gasteiger partial charge on any atom is -0.396 e. The number of unbranched alkanes of at least 4 members (excludes halogenated alkanes) is 2. The van der Waals surface area contributed by atoms with Gasteiger partial charge in [-0.2, -0.15) is 0 Å². The van der Waals surface area contributed by atoms with Crippen LogP contribution in [0.1, 0.15) is 51.9 Å². The largest absolute Gasteiger partial charge is 0.396 e. The van der Waals surface area contributed by atoms with Crippen molar-refractivity contribution in [3.8, 4) is 0 Å². The molecule has 78 valence electrons. The highest BCUT2D eigenvalue weighted by atomic mass is 16.5. The van der Waals surface area contributed by atoms with Crippen molar-refractivity contribution in [2.24, 2.45) is 0 Å². The molecular formula is C11H22O2. The second-order valence-corrected chi connectivity index (χ2v) is 4.07. The lowest BCUT2D eigenvalue weighted by Gasteiger charge is -2.42. The molecule has 0 radical (unpaired) electrons. The van der Waals surface area contributed by atoms with Gasteiger partial charge in [0.05, 0.1) is 12.2 Å². The third-order valence-corrected chi connectivity index (χ3v) is 2.96. The molecule has 0 spiro atoms. The van der Waals surface area contributed by atoms with Crippen molar-refractivity contribution >= 4 is 0 Å². The Hall–Kier alpha value is -0.0800. The smallest absolute Gasteiger partial charge is 0.0704 e. The van der Waals surface area contributed by atoms with E-state index in [0.717, 1.165) is 19.4 Å². The lowest BCUT2D eigenvalue weighted by atomic mass is 9.84. The van der Waals surface area contributed by atoms with Crippen LogP contribution in [0.25, 0.3) is 0 Å². The molecule has 2 heteroatoms. The summed E-state index contributed by atoms with van der Waals surface area (Å²) in [7, 11) is 0.